The molecule has 2 aliphatic carbocycles. The number of benzene rings is 2. The van der Waals surface area contributed by atoms with Gasteiger partial charge in [-0.15, -0.1) is 0 Å². The molecular formula is C24H22F3NO3. The Morgan fingerprint density at radius 1 is 1.16 bits per heavy atom. The van der Waals surface area contributed by atoms with E-state index in [0.29, 0.717) is 22.4 Å². The van der Waals surface area contributed by atoms with E-state index in [-0.39, 0.29) is 48.4 Å². The van der Waals surface area contributed by atoms with Gasteiger partial charge in [0.25, 0.3) is 0 Å². The van der Waals surface area contributed by atoms with Crippen LogP contribution >= 0.6 is 0 Å². The molecule has 2 N–H and O–H groups in total. The highest BCUT2D eigenvalue weighted by molar-refractivity contribution is 6.07. The summed E-state index contributed by atoms with van der Waals surface area (Å²) in [7, 11) is 0. The zero-order valence-corrected chi connectivity index (χ0v) is 16.8. The number of halogens is 3. The third-order valence-corrected chi connectivity index (χ3v) is 6.16. The second-order valence-corrected chi connectivity index (χ2v) is 8.25. The van der Waals surface area contributed by atoms with Gasteiger partial charge in [-0.05, 0) is 41.5 Å². The van der Waals surface area contributed by atoms with Crippen molar-refractivity contribution < 1.29 is 27.9 Å². The number of hydrogen-bond acceptors (Lipinski definition) is 3. The van der Waals surface area contributed by atoms with Crippen LogP contribution in [0.3, 0.4) is 0 Å². The lowest BCUT2D eigenvalue weighted by molar-refractivity contribution is -0.137. The van der Waals surface area contributed by atoms with Crippen molar-refractivity contribution in [2.75, 3.05) is 11.9 Å². The zero-order valence-electron chi connectivity index (χ0n) is 16.8. The van der Waals surface area contributed by atoms with E-state index in [1.54, 1.807) is 18.2 Å². The number of ketones is 1. The summed E-state index contributed by atoms with van der Waals surface area (Å²) in [5.74, 6) is -0.281. The van der Waals surface area contributed by atoms with Crippen LogP contribution in [0.4, 0.5) is 18.9 Å². The van der Waals surface area contributed by atoms with Crippen molar-refractivity contribution in [2.45, 2.75) is 19.5 Å². The molecule has 4 rings (SSSR count). The molecule has 2 aliphatic rings. The Labute approximate surface area is 177 Å². The van der Waals surface area contributed by atoms with Crippen LogP contribution in [0, 0.1) is 23.7 Å². The van der Waals surface area contributed by atoms with Crippen molar-refractivity contribution in [1.29, 1.82) is 0 Å². The van der Waals surface area contributed by atoms with E-state index >= 15 is 0 Å². The Balaban J connectivity index is 1.50. The number of aliphatic hydroxyl groups is 1. The number of fused-ring (bicyclic) bond motifs is 2. The minimum absolute atomic E-state index is 0.00846. The van der Waals surface area contributed by atoms with Gasteiger partial charge < -0.3 is 10.4 Å². The van der Waals surface area contributed by atoms with Crippen molar-refractivity contribution in [1.82, 2.24) is 0 Å². The maximum absolute atomic E-state index is 13.0. The van der Waals surface area contributed by atoms with Crippen molar-refractivity contribution >= 4 is 23.5 Å². The predicted octanol–water partition coefficient (Wildman–Crippen LogP) is 4.59. The summed E-state index contributed by atoms with van der Waals surface area (Å²) in [4.78, 5) is 25.5. The van der Waals surface area contributed by atoms with Crippen LogP contribution in [0.25, 0.3) is 6.08 Å². The zero-order chi connectivity index (χ0) is 22.3. The van der Waals surface area contributed by atoms with Gasteiger partial charge in [0, 0.05) is 29.3 Å². The summed E-state index contributed by atoms with van der Waals surface area (Å²) in [6.45, 7) is 1.96. The fourth-order valence-electron chi connectivity index (χ4n) is 4.46. The quantitative estimate of drug-likeness (QED) is 0.731. The third-order valence-electron chi connectivity index (χ3n) is 6.16. The van der Waals surface area contributed by atoms with Crippen LogP contribution in [0.2, 0.25) is 0 Å². The number of alkyl halides is 3. The molecule has 2 aromatic rings. The highest BCUT2D eigenvalue weighted by atomic mass is 19.4. The number of amides is 1. The van der Waals surface area contributed by atoms with Gasteiger partial charge in [0.15, 0.2) is 5.78 Å². The molecule has 4 nitrogen and oxygen atoms in total. The monoisotopic (exact) mass is 429 g/mol. The highest BCUT2D eigenvalue weighted by Gasteiger charge is 2.56. The molecule has 0 aromatic heterocycles. The molecule has 0 radical (unpaired) electrons. The largest absolute Gasteiger partial charge is 0.416 e. The standard InChI is InChI=1S/C24H22F3NO3/c1-13(12-29)21-18-10-9-16-17(23(31)22(18)21)3-2-4-19(16)28-20(30)11-14-5-7-15(8-6-14)24(25,26)27/h2-10,13,18,21-22,29H,11-12H2,1H3,(H,28,30). The van der Waals surface area contributed by atoms with Crippen LogP contribution in [-0.2, 0) is 17.4 Å². The molecule has 1 fully saturated rings. The van der Waals surface area contributed by atoms with E-state index in [0.717, 1.165) is 12.1 Å². The summed E-state index contributed by atoms with van der Waals surface area (Å²) in [5, 5.41) is 12.2. The van der Waals surface area contributed by atoms with Crippen LogP contribution in [0.15, 0.2) is 48.5 Å². The maximum Gasteiger partial charge on any atom is 0.416 e. The van der Waals surface area contributed by atoms with Crippen LogP contribution in [0.1, 0.15) is 34.0 Å². The van der Waals surface area contributed by atoms with E-state index in [4.69, 9.17) is 0 Å². The van der Waals surface area contributed by atoms with Gasteiger partial charge in [0.2, 0.25) is 5.91 Å². The Morgan fingerprint density at radius 3 is 2.52 bits per heavy atom. The number of aliphatic hydroxyl groups excluding tert-OH is 1. The minimum Gasteiger partial charge on any atom is -0.396 e. The highest BCUT2D eigenvalue weighted by Crippen LogP contribution is 2.55. The molecular weight excluding hydrogens is 407 g/mol. The van der Waals surface area contributed by atoms with E-state index < -0.39 is 11.7 Å². The van der Waals surface area contributed by atoms with Crippen molar-refractivity contribution in [3.63, 3.8) is 0 Å². The lowest BCUT2D eigenvalue weighted by atomic mass is 9.95. The molecule has 1 saturated carbocycles. The normalized spacial score (nSPS) is 22.9. The van der Waals surface area contributed by atoms with Crippen molar-refractivity contribution in [3.8, 4) is 0 Å². The Kier molecular flexibility index (Phi) is 5.47. The number of hydrogen-bond donors (Lipinski definition) is 2. The predicted molar refractivity (Wildman–Crippen MR) is 110 cm³/mol. The molecule has 4 atom stereocenters. The molecule has 162 valence electrons. The molecule has 0 heterocycles. The van der Waals surface area contributed by atoms with Gasteiger partial charge in [-0.2, -0.15) is 13.2 Å². The number of carbonyl (C=O) groups excluding carboxylic acids is 2. The summed E-state index contributed by atoms with van der Waals surface area (Å²) >= 11 is 0. The van der Waals surface area contributed by atoms with Crippen LogP contribution in [0.5, 0.6) is 0 Å². The molecule has 0 bridgehead atoms. The maximum atomic E-state index is 13.0. The van der Waals surface area contributed by atoms with E-state index in [1.807, 2.05) is 19.1 Å². The molecule has 0 saturated heterocycles. The Morgan fingerprint density at radius 2 is 1.87 bits per heavy atom. The Hall–Kier alpha value is -2.93. The lowest BCUT2D eigenvalue weighted by Crippen LogP contribution is -2.17. The Bertz CT molecular complexity index is 1040. The van der Waals surface area contributed by atoms with Gasteiger partial charge >= 0.3 is 6.18 Å². The average molecular weight is 429 g/mol. The number of nitrogens with one attached hydrogen (secondary N) is 1. The topological polar surface area (TPSA) is 66.4 Å². The average Bonchev–Trinajstić information content (AvgIpc) is 3.46. The number of carbonyl (C=O) groups is 2. The van der Waals surface area contributed by atoms with Gasteiger partial charge in [0.1, 0.15) is 0 Å². The first-order valence-electron chi connectivity index (χ1n) is 10.1. The summed E-state index contributed by atoms with van der Waals surface area (Å²) < 4.78 is 38.1. The number of allylic oxidation sites excluding steroid dienone is 1. The number of anilines is 1. The smallest absolute Gasteiger partial charge is 0.396 e. The summed E-state index contributed by atoms with van der Waals surface area (Å²) in [6, 6.07) is 9.61. The van der Waals surface area contributed by atoms with E-state index in [9.17, 15) is 27.9 Å². The number of rotatable bonds is 5. The van der Waals surface area contributed by atoms with E-state index in [1.165, 1.54) is 12.1 Å². The summed E-state index contributed by atoms with van der Waals surface area (Å²) in [5.41, 5.74) is 1.36. The fraction of sp³-hybridized carbons (Fsp3) is 0.333. The van der Waals surface area contributed by atoms with Gasteiger partial charge in [-0.3, -0.25) is 9.59 Å². The van der Waals surface area contributed by atoms with Gasteiger partial charge in [-0.25, -0.2) is 0 Å². The molecule has 0 aliphatic heterocycles. The minimum atomic E-state index is -4.42. The number of Topliss-reactive ketones (excluding diaryl/α,β-unsaturated/α-hetero) is 1. The second kappa shape index (κ2) is 7.96. The van der Waals surface area contributed by atoms with E-state index in [2.05, 4.69) is 5.32 Å². The van der Waals surface area contributed by atoms with Crippen LogP contribution in [-0.4, -0.2) is 23.4 Å². The SMILES string of the molecule is CC(CO)C1C2C=Cc3c(NC(=O)Cc4ccc(C(F)(F)F)cc4)cccc3C(=O)C21. The second-order valence-electron chi connectivity index (χ2n) is 8.25. The molecule has 0 spiro atoms. The van der Waals surface area contributed by atoms with Crippen molar-refractivity contribution in [3.05, 3.63) is 70.8 Å². The summed E-state index contributed by atoms with van der Waals surface area (Å²) in [6.07, 6.45) is -0.691. The van der Waals surface area contributed by atoms with Gasteiger partial charge in [-0.1, -0.05) is 43.3 Å². The third kappa shape index (κ3) is 4.14. The fourth-order valence-corrected chi connectivity index (χ4v) is 4.46. The van der Waals surface area contributed by atoms with Crippen LogP contribution < -0.4 is 5.32 Å². The van der Waals surface area contributed by atoms with Gasteiger partial charge in [0.05, 0.1) is 12.0 Å². The molecule has 1 amide bonds. The molecule has 4 unspecified atom stereocenters. The first-order chi connectivity index (χ1) is 14.7. The van der Waals surface area contributed by atoms with Crippen molar-refractivity contribution in [2.24, 2.45) is 23.7 Å². The molecule has 31 heavy (non-hydrogen) atoms. The first kappa shape index (κ1) is 21.3. The molecule has 7 heteroatoms. The molecule has 2 aromatic carbocycles. The first-order valence-corrected chi connectivity index (χ1v) is 10.1. The lowest BCUT2D eigenvalue weighted by Gasteiger charge is -2.14.